The Bertz CT molecular complexity index is 496. The zero-order chi connectivity index (χ0) is 15.5. The van der Waals surface area contributed by atoms with E-state index in [0.717, 1.165) is 31.5 Å². The van der Waals surface area contributed by atoms with Gasteiger partial charge in [-0.15, -0.1) is 0 Å². The summed E-state index contributed by atoms with van der Waals surface area (Å²) >= 11 is 0. The molecule has 2 rings (SSSR count). The minimum absolute atomic E-state index is 0.0178. The van der Waals surface area contributed by atoms with Crippen LogP contribution in [0.1, 0.15) is 48.7 Å². The molecular weight excluding hydrogens is 268 g/mol. The number of rotatable bonds is 4. The fourth-order valence-electron chi connectivity index (χ4n) is 2.76. The van der Waals surface area contributed by atoms with Gasteiger partial charge in [-0.3, -0.25) is 9.48 Å². The molecule has 6 heteroatoms. The summed E-state index contributed by atoms with van der Waals surface area (Å²) < 4.78 is 1.84. The van der Waals surface area contributed by atoms with Gasteiger partial charge in [0, 0.05) is 25.3 Å². The summed E-state index contributed by atoms with van der Waals surface area (Å²) in [4.78, 5) is 14.5. The van der Waals surface area contributed by atoms with Crippen LogP contribution in [0, 0.1) is 6.92 Å². The molecule has 0 spiro atoms. The molecule has 3 N–H and O–H groups in total. The molecular formula is C15H26N4O2. The van der Waals surface area contributed by atoms with Crippen LogP contribution in [0.2, 0.25) is 0 Å². The number of aromatic nitrogens is 2. The van der Waals surface area contributed by atoms with Gasteiger partial charge in [-0.05, 0) is 46.1 Å². The van der Waals surface area contributed by atoms with E-state index in [1.165, 1.54) is 0 Å². The van der Waals surface area contributed by atoms with Gasteiger partial charge in [0.15, 0.2) is 0 Å². The number of hydrogen-bond donors (Lipinski definition) is 2. The first-order valence-electron chi connectivity index (χ1n) is 7.69. The first kappa shape index (κ1) is 16.0. The molecule has 1 atom stereocenters. The second-order valence-corrected chi connectivity index (χ2v) is 6.15. The maximum Gasteiger partial charge on any atom is 0.257 e. The Hall–Kier alpha value is -1.40. The number of carbonyl (C=O) groups excluding carboxylic acids is 1. The number of nitrogens with two attached hydrogens (primary N) is 1. The van der Waals surface area contributed by atoms with Crippen LogP contribution >= 0.6 is 0 Å². The monoisotopic (exact) mass is 294 g/mol. The second-order valence-electron chi connectivity index (χ2n) is 6.15. The van der Waals surface area contributed by atoms with Gasteiger partial charge >= 0.3 is 0 Å². The van der Waals surface area contributed by atoms with E-state index in [1.807, 2.05) is 23.4 Å². The van der Waals surface area contributed by atoms with E-state index in [-0.39, 0.29) is 5.91 Å². The minimum Gasteiger partial charge on any atom is -0.390 e. The van der Waals surface area contributed by atoms with Gasteiger partial charge in [0.25, 0.3) is 5.91 Å². The van der Waals surface area contributed by atoms with Crippen molar-refractivity contribution in [2.45, 2.75) is 51.7 Å². The molecule has 0 bridgehead atoms. The third-order valence-corrected chi connectivity index (χ3v) is 4.26. The molecule has 1 saturated heterocycles. The van der Waals surface area contributed by atoms with Crippen molar-refractivity contribution in [2.75, 3.05) is 19.6 Å². The summed E-state index contributed by atoms with van der Waals surface area (Å²) in [6.45, 7) is 6.41. The number of hydrogen-bond acceptors (Lipinski definition) is 4. The lowest BCUT2D eigenvalue weighted by Crippen LogP contribution is -2.33. The number of likely N-dealkylation sites (tertiary alicyclic amines) is 1. The first-order valence-corrected chi connectivity index (χ1v) is 7.69. The van der Waals surface area contributed by atoms with E-state index in [4.69, 9.17) is 5.73 Å². The highest BCUT2D eigenvalue weighted by atomic mass is 16.3. The third kappa shape index (κ3) is 3.83. The molecule has 1 unspecified atom stereocenters. The van der Waals surface area contributed by atoms with Crippen molar-refractivity contribution >= 4 is 5.91 Å². The van der Waals surface area contributed by atoms with Crippen molar-refractivity contribution in [3.05, 3.63) is 17.5 Å². The van der Waals surface area contributed by atoms with Gasteiger partial charge in [-0.25, -0.2) is 0 Å². The number of nitrogens with zero attached hydrogens (tertiary/aromatic N) is 3. The van der Waals surface area contributed by atoms with Crippen molar-refractivity contribution in [1.82, 2.24) is 14.7 Å². The molecule has 21 heavy (non-hydrogen) atoms. The smallest absolute Gasteiger partial charge is 0.257 e. The Labute approximate surface area is 125 Å². The summed E-state index contributed by atoms with van der Waals surface area (Å²) in [6.07, 6.45) is 4.70. The average Bonchev–Trinajstić information content (AvgIpc) is 2.69. The maximum absolute atomic E-state index is 12.6. The topological polar surface area (TPSA) is 84.4 Å². The molecule has 2 heterocycles. The van der Waals surface area contributed by atoms with Crippen LogP contribution < -0.4 is 5.73 Å². The van der Waals surface area contributed by atoms with Gasteiger partial charge in [0.2, 0.25) is 0 Å². The Morgan fingerprint density at radius 3 is 2.95 bits per heavy atom. The minimum atomic E-state index is -0.657. The molecule has 0 aliphatic carbocycles. The quantitative estimate of drug-likeness (QED) is 0.864. The van der Waals surface area contributed by atoms with Crippen molar-refractivity contribution in [1.29, 1.82) is 0 Å². The van der Waals surface area contributed by atoms with E-state index < -0.39 is 5.60 Å². The highest BCUT2D eigenvalue weighted by molar-refractivity contribution is 5.95. The largest absolute Gasteiger partial charge is 0.390 e. The SMILES string of the molecule is Cc1c(C(=O)N2CCCC(C)(O)CC2)cnn1CCCN. The zero-order valence-electron chi connectivity index (χ0n) is 13.0. The van der Waals surface area contributed by atoms with Gasteiger partial charge in [0.05, 0.1) is 17.4 Å². The summed E-state index contributed by atoms with van der Waals surface area (Å²) in [5, 5.41) is 14.4. The predicted molar refractivity (Wildman–Crippen MR) is 81.0 cm³/mol. The molecule has 1 aliphatic rings. The fraction of sp³-hybridized carbons (Fsp3) is 0.733. The van der Waals surface area contributed by atoms with E-state index in [2.05, 4.69) is 5.10 Å². The fourth-order valence-corrected chi connectivity index (χ4v) is 2.76. The van der Waals surface area contributed by atoms with E-state index in [1.54, 1.807) is 6.20 Å². The van der Waals surface area contributed by atoms with Crippen molar-refractivity contribution in [3.8, 4) is 0 Å². The number of carbonyl (C=O) groups is 1. The van der Waals surface area contributed by atoms with E-state index >= 15 is 0 Å². The first-order chi connectivity index (χ1) is 9.94. The molecule has 1 aliphatic heterocycles. The van der Waals surface area contributed by atoms with Gasteiger partial charge < -0.3 is 15.7 Å². The van der Waals surface area contributed by atoms with Gasteiger partial charge in [0.1, 0.15) is 0 Å². The Morgan fingerprint density at radius 1 is 1.48 bits per heavy atom. The standard InChI is InChI=1S/C15H26N4O2/c1-12-13(11-17-19(12)9-4-7-16)14(20)18-8-3-5-15(2,21)6-10-18/h11,21H,3-10,16H2,1-2H3. The van der Waals surface area contributed by atoms with Crippen LogP contribution in [-0.2, 0) is 6.54 Å². The van der Waals surface area contributed by atoms with Crippen molar-refractivity contribution < 1.29 is 9.90 Å². The summed E-state index contributed by atoms with van der Waals surface area (Å²) in [5.74, 6) is 0.0178. The second kappa shape index (κ2) is 6.58. The molecule has 0 radical (unpaired) electrons. The van der Waals surface area contributed by atoms with Crippen LogP contribution in [0.15, 0.2) is 6.20 Å². The van der Waals surface area contributed by atoms with Gasteiger partial charge in [-0.2, -0.15) is 5.10 Å². The molecule has 0 saturated carbocycles. The van der Waals surface area contributed by atoms with Crippen LogP contribution in [0.5, 0.6) is 0 Å². The zero-order valence-corrected chi connectivity index (χ0v) is 13.0. The van der Waals surface area contributed by atoms with Gasteiger partial charge in [-0.1, -0.05) is 0 Å². The van der Waals surface area contributed by atoms with Crippen molar-refractivity contribution in [3.63, 3.8) is 0 Å². The molecule has 1 fully saturated rings. The lowest BCUT2D eigenvalue weighted by molar-refractivity contribution is 0.0438. The molecule has 0 aromatic carbocycles. The summed E-state index contributed by atoms with van der Waals surface area (Å²) in [5.41, 5.74) is 6.41. The van der Waals surface area contributed by atoms with Crippen LogP contribution in [0.3, 0.4) is 0 Å². The number of aliphatic hydroxyl groups is 1. The third-order valence-electron chi connectivity index (χ3n) is 4.26. The van der Waals surface area contributed by atoms with Crippen molar-refractivity contribution in [2.24, 2.45) is 5.73 Å². The highest BCUT2D eigenvalue weighted by Gasteiger charge is 2.28. The molecule has 1 aromatic rings. The Morgan fingerprint density at radius 2 is 2.24 bits per heavy atom. The maximum atomic E-state index is 12.6. The Kier molecular flexibility index (Phi) is 5.00. The molecule has 1 amide bonds. The molecule has 6 nitrogen and oxygen atoms in total. The van der Waals surface area contributed by atoms with E-state index in [0.29, 0.717) is 31.6 Å². The average molecular weight is 294 g/mol. The van der Waals surface area contributed by atoms with Crippen LogP contribution in [0.4, 0.5) is 0 Å². The lowest BCUT2D eigenvalue weighted by Gasteiger charge is -2.22. The summed E-state index contributed by atoms with van der Waals surface area (Å²) in [6, 6.07) is 0. The molecule has 118 valence electrons. The number of aryl methyl sites for hydroxylation is 1. The van der Waals surface area contributed by atoms with Crippen LogP contribution in [-0.4, -0.2) is 50.9 Å². The summed E-state index contributed by atoms with van der Waals surface area (Å²) in [7, 11) is 0. The highest BCUT2D eigenvalue weighted by Crippen LogP contribution is 2.23. The number of amides is 1. The molecule has 1 aromatic heterocycles. The normalized spacial score (nSPS) is 23.1. The Balaban J connectivity index is 2.07. The lowest BCUT2D eigenvalue weighted by atomic mass is 9.98. The predicted octanol–water partition coefficient (Wildman–Crippen LogP) is 0.917. The van der Waals surface area contributed by atoms with E-state index in [9.17, 15) is 9.90 Å². The van der Waals surface area contributed by atoms with Crippen LogP contribution in [0.25, 0.3) is 0 Å².